The first-order valence-corrected chi connectivity index (χ1v) is 9.71. The number of aliphatic hydroxyl groups excluding tert-OH is 1. The molecule has 0 unspecified atom stereocenters. The summed E-state index contributed by atoms with van der Waals surface area (Å²) < 4.78 is 10.9. The van der Waals surface area contributed by atoms with Crippen molar-refractivity contribution in [2.24, 2.45) is 0 Å². The Morgan fingerprint density at radius 2 is 1.97 bits per heavy atom. The third-order valence-electron chi connectivity index (χ3n) is 5.40. The minimum absolute atomic E-state index is 0.0452. The van der Waals surface area contributed by atoms with Gasteiger partial charge in [-0.2, -0.15) is 0 Å². The van der Waals surface area contributed by atoms with E-state index in [1.54, 1.807) is 14.0 Å². The van der Waals surface area contributed by atoms with E-state index in [4.69, 9.17) is 9.47 Å². The Morgan fingerprint density at radius 1 is 1.21 bits per heavy atom. The van der Waals surface area contributed by atoms with Crippen molar-refractivity contribution in [3.05, 3.63) is 52.6 Å². The van der Waals surface area contributed by atoms with Crippen LogP contribution >= 0.6 is 0 Å². The highest BCUT2D eigenvalue weighted by Crippen LogP contribution is 2.44. The quantitative estimate of drug-likeness (QED) is 0.693. The Kier molecular flexibility index (Phi) is 6.30. The van der Waals surface area contributed by atoms with Crippen LogP contribution in [0.5, 0.6) is 5.75 Å². The average molecular weight is 399 g/mol. The molecule has 156 valence electrons. The first kappa shape index (κ1) is 21.0. The molecule has 0 aliphatic carbocycles. The van der Waals surface area contributed by atoms with E-state index in [0.717, 1.165) is 39.4 Å². The second kappa shape index (κ2) is 8.71. The van der Waals surface area contributed by atoms with Crippen molar-refractivity contribution in [3.8, 4) is 5.75 Å². The van der Waals surface area contributed by atoms with Gasteiger partial charge in [-0.05, 0) is 48.2 Å². The molecular formula is C22H29N3O4. The highest BCUT2D eigenvalue weighted by molar-refractivity contribution is 5.81. The number of nitrogens with one attached hydrogen (secondary N) is 1. The third kappa shape index (κ3) is 4.16. The fourth-order valence-electron chi connectivity index (χ4n) is 3.70. The maximum absolute atomic E-state index is 12.4. The maximum atomic E-state index is 12.4. The zero-order valence-electron chi connectivity index (χ0n) is 17.7. The van der Waals surface area contributed by atoms with E-state index in [-0.39, 0.29) is 24.9 Å². The van der Waals surface area contributed by atoms with Crippen LogP contribution in [0.15, 0.2) is 30.3 Å². The Bertz CT molecular complexity index is 900. The fourth-order valence-corrected chi connectivity index (χ4v) is 3.70. The lowest BCUT2D eigenvalue weighted by Crippen LogP contribution is -2.34. The number of anilines is 2. The van der Waals surface area contributed by atoms with Crippen LogP contribution in [0.25, 0.3) is 0 Å². The van der Waals surface area contributed by atoms with Gasteiger partial charge >= 0.3 is 5.97 Å². The molecule has 29 heavy (non-hydrogen) atoms. The molecule has 2 aromatic rings. The van der Waals surface area contributed by atoms with Crippen molar-refractivity contribution >= 4 is 17.3 Å². The molecule has 0 bridgehead atoms. The second-order valence-corrected chi connectivity index (χ2v) is 7.18. The van der Waals surface area contributed by atoms with E-state index < -0.39 is 0 Å². The molecule has 7 nitrogen and oxygen atoms in total. The summed E-state index contributed by atoms with van der Waals surface area (Å²) in [7, 11) is 5.51. The topological polar surface area (TPSA) is 74.3 Å². The minimum atomic E-state index is -0.259. The SMILES string of the molecule is CCOC(=O)C[C@@H](c1ccc(C)c(CO)c1)c1cc2c(c(OC)c1)N(C)N(C)N2. The number of hydrazine groups is 2. The van der Waals surface area contributed by atoms with E-state index in [2.05, 4.69) is 5.43 Å². The van der Waals surface area contributed by atoms with E-state index in [9.17, 15) is 9.90 Å². The van der Waals surface area contributed by atoms with E-state index >= 15 is 0 Å². The van der Waals surface area contributed by atoms with Gasteiger partial charge in [-0.25, -0.2) is 0 Å². The number of benzene rings is 2. The molecule has 2 aromatic carbocycles. The molecule has 0 fully saturated rings. The van der Waals surface area contributed by atoms with Gasteiger partial charge in [-0.15, -0.1) is 5.12 Å². The summed E-state index contributed by atoms with van der Waals surface area (Å²) in [5, 5.41) is 13.5. The molecule has 0 amide bonds. The zero-order chi connectivity index (χ0) is 21.1. The molecular weight excluding hydrogens is 370 g/mol. The van der Waals surface area contributed by atoms with Crippen LogP contribution in [-0.4, -0.2) is 44.0 Å². The highest BCUT2D eigenvalue weighted by atomic mass is 16.5. The summed E-state index contributed by atoms with van der Waals surface area (Å²) in [6, 6.07) is 9.95. The summed E-state index contributed by atoms with van der Waals surface area (Å²) in [6.45, 7) is 4.06. The van der Waals surface area contributed by atoms with E-state index in [1.165, 1.54) is 0 Å². The van der Waals surface area contributed by atoms with Crippen LogP contribution < -0.4 is 15.2 Å². The smallest absolute Gasteiger partial charge is 0.306 e. The Morgan fingerprint density at radius 3 is 2.62 bits per heavy atom. The molecule has 0 saturated heterocycles. The monoisotopic (exact) mass is 399 g/mol. The van der Waals surface area contributed by atoms with Gasteiger partial charge in [0.25, 0.3) is 0 Å². The van der Waals surface area contributed by atoms with Crippen molar-refractivity contribution in [2.75, 3.05) is 38.2 Å². The van der Waals surface area contributed by atoms with Gasteiger partial charge in [0.05, 0.1) is 32.4 Å². The van der Waals surface area contributed by atoms with Crippen molar-refractivity contribution < 1.29 is 19.4 Å². The minimum Gasteiger partial charge on any atom is -0.494 e. The molecule has 0 spiro atoms. The van der Waals surface area contributed by atoms with E-state index in [1.807, 2.05) is 61.5 Å². The first-order chi connectivity index (χ1) is 13.9. The average Bonchev–Trinajstić information content (AvgIpc) is 3.00. The number of aryl methyl sites for hydroxylation is 1. The predicted molar refractivity (Wildman–Crippen MR) is 113 cm³/mol. The van der Waals surface area contributed by atoms with Crippen LogP contribution in [0, 0.1) is 6.92 Å². The number of fused-ring (bicyclic) bond motifs is 1. The van der Waals surface area contributed by atoms with Crippen LogP contribution in [0.2, 0.25) is 0 Å². The molecule has 0 aromatic heterocycles. The number of carbonyl (C=O) groups is 1. The number of nitrogens with zero attached hydrogens (tertiary/aromatic N) is 2. The molecule has 3 rings (SSSR count). The summed E-state index contributed by atoms with van der Waals surface area (Å²) in [6.07, 6.45) is 0.204. The number of aliphatic hydroxyl groups is 1. The highest BCUT2D eigenvalue weighted by Gasteiger charge is 2.28. The Hall–Kier alpha value is -2.77. The predicted octanol–water partition coefficient (Wildman–Crippen LogP) is 3.20. The third-order valence-corrected chi connectivity index (χ3v) is 5.40. The molecule has 0 radical (unpaired) electrons. The largest absolute Gasteiger partial charge is 0.494 e. The van der Waals surface area contributed by atoms with Gasteiger partial charge < -0.3 is 14.6 Å². The van der Waals surface area contributed by atoms with Gasteiger partial charge in [0.1, 0.15) is 11.4 Å². The number of rotatable bonds is 7. The second-order valence-electron chi connectivity index (χ2n) is 7.18. The summed E-state index contributed by atoms with van der Waals surface area (Å²) in [5.41, 5.74) is 8.91. The Balaban J connectivity index is 2.10. The molecule has 1 heterocycles. The van der Waals surface area contributed by atoms with Crippen molar-refractivity contribution in [1.82, 2.24) is 5.12 Å². The maximum Gasteiger partial charge on any atom is 0.306 e. The lowest BCUT2D eigenvalue weighted by molar-refractivity contribution is -0.143. The number of methoxy groups -OCH3 is 1. The van der Waals surface area contributed by atoms with Crippen molar-refractivity contribution in [2.45, 2.75) is 32.8 Å². The van der Waals surface area contributed by atoms with Crippen LogP contribution in [0.4, 0.5) is 11.4 Å². The lowest BCUT2D eigenvalue weighted by atomic mass is 9.86. The molecule has 2 N–H and O–H groups in total. The normalized spacial score (nSPS) is 14.3. The Labute approximate surface area is 171 Å². The van der Waals surface area contributed by atoms with Crippen molar-refractivity contribution in [3.63, 3.8) is 0 Å². The fraction of sp³-hybridized carbons (Fsp3) is 0.409. The number of hydrogen-bond donors (Lipinski definition) is 2. The standard InChI is InChI=1S/C22H29N3O4/c1-6-29-21(27)12-18(15-8-7-14(2)17(9-15)13-26)16-10-19-22(20(11-16)28-5)24(3)25(4)23-19/h7-11,18,23,26H,6,12-13H2,1-5H3/t18-/m0/s1. The number of esters is 1. The first-order valence-electron chi connectivity index (χ1n) is 9.71. The summed E-state index contributed by atoms with van der Waals surface area (Å²) in [5.74, 6) is 0.239. The lowest BCUT2D eigenvalue weighted by Gasteiger charge is -2.22. The zero-order valence-corrected chi connectivity index (χ0v) is 17.7. The number of hydrogen-bond acceptors (Lipinski definition) is 7. The van der Waals surface area contributed by atoms with Gasteiger partial charge in [0.2, 0.25) is 0 Å². The molecule has 7 heteroatoms. The summed E-state index contributed by atoms with van der Waals surface area (Å²) in [4.78, 5) is 12.4. The van der Waals surface area contributed by atoms with Crippen LogP contribution in [0.1, 0.15) is 41.5 Å². The van der Waals surface area contributed by atoms with Gasteiger partial charge in [0, 0.05) is 20.0 Å². The van der Waals surface area contributed by atoms with E-state index in [0.29, 0.717) is 6.61 Å². The molecule has 1 aliphatic heterocycles. The van der Waals surface area contributed by atoms with Gasteiger partial charge in [0.15, 0.2) is 0 Å². The summed E-state index contributed by atoms with van der Waals surface area (Å²) >= 11 is 0. The van der Waals surface area contributed by atoms with Crippen molar-refractivity contribution in [1.29, 1.82) is 0 Å². The van der Waals surface area contributed by atoms with Crippen LogP contribution in [0.3, 0.4) is 0 Å². The van der Waals surface area contributed by atoms with Gasteiger partial charge in [-0.3, -0.25) is 15.2 Å². The van der Waals surface area contributed by atoms with Crippen LogP contribution in [-0.2, 0) is 16.1 Å². The molecule has 0 saturated carbocycles. The van der Waals surface area contributed by atoms with Gasteiger partial charge in [-0.1, -0.05) is 18.2 Å². The molecule has 1 atom stereocenters. The number of ether oxygens (including phenoxy) is 2. The number of carbonyl (C=O) groups excluding carboxylic acids is 1. The molecule has 1 aliphatic rings.